The zero-order valence-electron chi connectivity index (χ0n) is 11.0. The van der Waals surface area contributed by atoms with E-state index in [1.807, 2.05) is 44.7 Å². The Morgan fingerprint density at radius 3 is 2.41 bits per heavy atom. The number of nitrogens with zero attached hydrogens (tertiary/aromatic N) is 1. The average molecular weight is 235 g/mol. The molecule has 0 radical (unpaired) electrons. The smallest absolute Gasteiger partial charge is 0.326 e. The van der Waals surface area contributed by atoms with Crippen molar-refractivity contribution in [2.24, 2.45) is 0 Å². The molecule has 3 nitrogen and oxygen atoms in total. The van der Waals surface area contributed by atoms with Crippen LogP contribution in [-0.2, 0) is 4.79 Å². The van der Waals surface area contributed by atoms with Crippen molar-refractivity contribution >= 4 is 11.7 Å². The molecule has 0 spiro atoms. The molecule has 0 aromatic heterocycles. The van der Waals surface area contributed by atoms with Crippen LogP contribution in [0.2, 0.25) is 0 Å². The van der Waals surface area contributed by atoms with Gasteiger partial charge in [0.25, 0.3) is 0 Å². The quantitative estimate of drug-likeness (QED) is 0.853. The number of hydrogen-bond acceptors (Lipinski definition) is 2. The zero-order chi connectivity index (χ0) is 13.0. The van der Waals surface area contributed by atoms with Crippen molar-refractivity contribution in [1.82, 2.24) is 0 Å². The van der Waals surface area contributed by atoms with Crippen LogP contribution in [0.5, 0.6) is 0 Å². The number of rotatable bonds is 5. The summed E-state index contributed by atoms with van der Waals surface area (Å²) in [5, 5.41) is 9.24. The van der Waals surface area contributed by atoms with Crippen molar-refractivity contribution in [3.8, 4) is 0 Å². The number of carboxylic acids is 1. The highest BCUT2D eigenvalue weighted by molar-refractivity contribution is 5.78. The van der Waals surface area contributed by atoms with E-state index in [-0.39, 0.29) is 0 Å². The van der Waals surface area contributed by atoms with Crippen LogP contribution in [-0.4, -0.2) is 23.7 Å². The third-order valence-electron chi connectivity index (χ3n) is 3.05. The van der Waals surface area contributed by atoms with E-state index in [1.54, 1.807) is 0 Å². The minimum atomic E-state index is -0.755. The minimum Gasteiger partial charge on any atom is -0.480 e. The summed E-state index contributed by atoms with van der Waals surface area (Å²) in [6, 6.07) is 5.69. The minimum absolute atomic E-state index is 0.443. The van der Waals surface area contributed by atoms with Crippen molar-refractivity contribution in [1.29, 1.82) is 0 Å². The van der Waals surface area contributed by atoms with Gasteiger partial charge in [0.05, 0.1) is 0 Å². The Labute approximate surface area is 103 Å². The molecule has 0 aliphatic rings. The van der Waals surface area contributed by atoms with Gasteiger partial charge in [0, 0.05) is 12.2 Å². The topological polar surface area (TPSA) is 40.5 Å². The van der Waals surface area contributed by atoms with Gasteiger partial charge in [-0.05, 0) is 38.8 Å². The molecule has 0 heterocycles. The van der Waals surface area contributed by atoms with E-state index in [9.17, 15) is 9.90 Å². The standard InChI is InChI=1S/C14H21NO2/c1-5-12(14(16)17)15(6-2)13-8-7-10(3)9-11(13)4/h7-9,12H,5-6H2,1-4H3,(H,16,17). The Hall–Kier alpha value is -1.51. The summed E-state index contributed by atoms with van der Waals surface area (Å²) < 4.78 is 0. The molecule has 17 heavy (non-hydrogen) atoms. The summed E-state index contributed by atoms with van der Waals surface area (Å²) in [6.45, 7) is 8.67. The first-order valence-corrected chi connectivity index (χ1v) is 6.07. The first-order valence-electron chi connectivity index (χ1n) is 6.07. The zero-order valence-corrected chi connectivity index (χ0v) is 11.0. The van der Waals surface area contributed by atoms with Crippen LogP contribution >= 0.6 is 0 Å². The molecule has 0 aliphatic heterocycles. The molecule has 0 saturated heterocycles. The predicted molar refractivity (Wildman–Crippen MR) is 70.7 cm³/mol. The van der Waals surface area contributed by atoms with E-state index in [0.717, 1.165) is 11.3 Å². The van der Waals surface area contributed by atoms with Crippen LogP contribution < -0.4 is 4.90 Å². The maximum Gasteiger partial charge on any atom is 0.326 e. The normalized spacial score (nSPS) is 12.2. The van der Waals surface area contributed by atoms with E-state index in [4.69, 9.17) is 0 Å². The number of aryl methyl sites for hydroxylation is 2. The first kappa shape index (κ1) is 13.6. The lowest BCUT2D eigenvalue weighted by Crippen LogP contribution is -2.41. The molecule has 1 rings (SSSR count). The summed E-state index contributed by atoms with van der Waals surface area (Å²) >= 11 is 0. The lowest BCUT2D eigenvalue weighted by atomic mass is 10.1. The van der Waals surface area contributed by atoms with Crippen LogP contribution in [0.1, 0.15) is 31.4 Å². The Morgan fingerprint density at radius 1 is 1.35 bits per heavy atom. The van der Waals surface area contributed by atoms with Gasteiger partial charge in [-0.3, -0.25) is 0 Å². The fraction of sp³-hybridized carbons (Fsp3) is 0.500. The van der Waals surface area contributed by atoms with Gasteiger partial charge >= 0.3 is 5.97 Å². The summed E-state index contributed by atoms with van der Waals surface area (Å²) in [4.78, 5) is 13.2. The van der Waals surface area contributed by atoms with Crippen molar-refractivity contribution in [2.45, 2.75) is 40.2 Å². The number of carbonyl (C=O) groups is 1. The van der Waals surface area contributed by atoms with E-state index in [1.165, 1.54) is 5.56 Å². The lowest BCUT2D eigenvalue weighted by molar-refractivity contribution is -0.138. The molecule has 1 unspecified atom stereocenters. The summed E-state index contributed by atoms with van der Waals surface area (Å²) in [6.07, 6.45) is 0.608. The molecule has 0 aliphatic carbocycles. The average Bonchev–Trinajstić information content (AvgIpc) is 2.26. The molecule has 3 heteroatoms. The highest BCUT2D eigenvalue weighted by Crippen LogP contribution is 2.24. The van der Waals surface area contributed by atoms with Crippen LogP contribution in [0.3, 0.4) is 0 Å². The third-order valence-corrected chi connectivity index (χ3v) is 3.05. The second-order valence-corrected chi connectivity index (χ2v) is 4.34. The molecule has 1 aromatic rings. The van der Waals surface area contributed by atoms with Crippen LogP contribution in [0, 0.1) is 13.8 Å². The molecule has 0 saturated carbocycles. The predicted octanol–water partition coefficient (Wildman–Crippen LogP) is 2.99. The summed E-state index contributed by atoms with van der Waals surface area (Å²) in [7, 11) is 0. The third kappa shape index (κ3) is 2.99. The van der Waals surface area contributed by atoms with Gasteiger partial charge < -0.3 is 10.0 Å². The molecule has 1 atom stereocenters. The number of aliphatic carboxylic acids is 1. The summed E-state index contributed by atoms with van der Waals surface area (Å²) in [5.41, 5.74) is 3.35. The second-order valence-electron chi connectivity index (χ2n) is 4.34. The number of likely N-dealkylation sites (N-methyl/N-ethyl adjacent to an activating group) is 1. The molecule has 0 fully saturated rings. The molecule has 0 bridgehead atoms. The van der Waals surface area contributed by atoms with Crippen LogP contribution in [0.15, 0.2) is 18.2 Å². The van der Waals surface area contributed by atoms with Gasteiger partial charge in [0.2, 0.25) is 0 Å². The van der Waals surface area contributed by atoms with E-state index < -0.39 is 12.0 Å². The van der Waals surface area contributed by atoms with Crippen LogP contribution in [0.4, 0.5) is 5.69 Å². The van der Waals surface area contributed by atoms with Crippen molar-refractivity contribution in [3.63, 3.8) is 0 Å². The Balaban J connectivity index is 3.12. The highest BCUT2D eigenvalue weighted by atomic mass is 16.4. The van der Waals surface area contributed by atoms with Gasteiger partial charge in [-0.15, -0.1) is 0 Å². The molecule has 0 amide bonds. The lowest BCUT2D eigenvalue weighted by Gasteiger charge is -2.30. The fourth-order valence-corrected chi connectivity index (χ4v) is 2.21. The Morgan fingerprint density at radius 2 is 2.00 bits per heavy atom. The number of carboxylic acid groups (broad SMARTS) is 1. The van der Waals surface area contributed by atoms with Gasteiger partial charge in [-0.2, -0.15) is 0 Å². The van der Waals surface area contributed by atoms with E-state index >= 15 is 0 Å². The first-order chi connectivity index (χ1) is 8.01. The number of benzene rings is 1. The Bertz CT molecular complexity index is 401. The molecular formula is C14H21NO2. The monoisotopic (exact) mass is 235 g/mol. The maximum absolute atomic E-state index is 11.2. The van der Waals surface area contributed by atoms with Crippen molar-refractivity contribution < 1.29 is 9.90 Å². The number of hydrogen-bond donors (Lipinski definition) is 1. The Kier molecular flexibility index (Phi) is 4.55. The van der Waals surface area contributed by atoms with Gasteiger partial charge in [0.1, 0.15) is 6.04 Å². The van der Waals surface area contributed by atoms with Crippen molar-refractivity contribution in [3.05, 3.63) is 29.3 Å². The number of anilines is 1. The SMILES string of the molecule is CCC(C(=O)O)N(CC)c1ccc(C)cc1C. The van der Waals surface area contributed by atoms with E-state index in [0.29, 0.717) is 13.0 Å². The van der Waals surface area contributed by atoms with E-state index in [2.05, 4.69) is 6.07 Å². The molecule has 1 aromatic carbocycles. The summed E-state index contributed by atoms with van der Waals surface area (Å²) in [5.74, 6) is -0.755. The highest BCUT2D eigenvalue weighted by Gasteiger charge is 2.23. The van der Waals surface area contributed by atoms with Gasteiger partial charge in [0.15, 0.2) is 0 Å². The van der Waals surface area contributed by atoms with Crippen molar-refractivity contribution in [2.75, 3.05) is 11.4 Å². The fourth-order valence-electron chi connectivity index (χ4n) is 2.21. The molecule has 94 valence electrons. The largest absolute Gasteiger partial charge is 0.480 e. The molecular weight excluding hydrogens is 214 g/mol. The van der Waals surface area contributed by atoms with Crippen LogP contribution in [0.25, 0.3) is 0 Å². The second kappa shape index (κ2) is 5.71. The molecule has 1 N–H and O–H groups in total. The van der Waals surface area contributed by atoms with Gasteiger partial charge in [-0.1, -0.05) is 24.6 Å². The van der Waals surface area contributed by atoms with Gasteiger partial charge in [-0.25, -0.2) is 4.79 Å². The maximum atomic E-state index is 11.2.